The predicted octanol–water partition coefficient (Wildman–Crippen LogP) is 2.33. The van der Waals surface area contributed by atoms with Crippen LogP contribution in [0.4, 0.5) is 0 Å². The van der Waals surface area contributed by atoms with Crippen molar-refractivity contribution in [3.63, 3.8) is 0 Å². The lowest BCUT2D eigenvalue weighted by atomic mass is 10.1. The first-order chi connectivity index (χ1) is 8.70. The summed E-state index contributed by atoms with van der Waals surface area (Å²) in [7, 11) is 0. The van der Waals surface area contributed by atoms with Crippen LogP contribution in [0.3, 0.4) is 0 Å². The Morgan fingerprint density at radius 3 is 2.89 bits per heavy atom. The summed E-state index contributed by atoms with van der Waals surface area (Å²) >= 11 is 1.71. The fourth-order valence-electron chi connectivity index (χ4n) is 2.15. The minimum absolute atomic E-state index is 0. The molecule has 1 aromatic rings. The second kappa shape index (κ2) is 7.78. The number of carbonyl (C=O) groups is 1. The minimum Gasteiger partial charge on any atom is -0.352 e. The van der Waals surface area contributed by atoms with Gasteiger partial charge in [-0.2, -0.15) is 11.8 Å². The van der Waals surface area contributed by atoms with Crippen molar-refractivity contribution in [3.05, 3.63) is 34.9 Å². The Hall–Kier alpha value is -0.710. The van der Waals surface area contributed by atoms with E-state index in [-0.39, 0.29) is 24.2 Å². The van der Waals surface area contributed by atoms with Crippen molar-refractivity contribution in [1.29, 1.82) is 0 Å². The molecule has 5 heteroatoms. The summed E-state index contributed by atoms with van der Waals surface area (Å²) in [4.78, 5) is 11.8. The van der Waals surface area contributed by atoms with Crippen molar-refractivity contribution in [1.82, 2.24) is 10.6 Å². The summed E-state index contributed by atoms with van der Waals surface area (Å²) in [6.07, 6.45) is 2.03. The van der Waals surface area contributed by atoms with Crippen molar-refractivity contribution < 1.29 is 4.79 Å². The Morgan fingerprint density at radius 1 is 1.42 bits per heavy atom. The van der Waals surface area contributed by atoms with Crippen LogP contribution >= 0.6 is 24.2 Å². The van der Waals surface area contributed by atoms with Gasteiger partial charge in [0.1, 0.15) is 0 Å². The normalized spacial score (nSPS) is 14.4. The number of nitrogens with one attached hydrogen (secondary N) is 2. The van der Waals surface area contributed by atoms with Crippen LogP contribution in [0.25, 0.3) is 0 Å². The highest BCUT2D eigenvalue weighted by atomic mass is 35.5. The molecule has 3 nitrogen and oxygen atoms in total. The highest BCUT2D eigenvalue weighted by Crippen LogP contribution is 2.17. The van der Waals surface area contributed by atoms with Gasteiger partial charge < -0.3 is 10.6 Å². The lowest BCUT2D eigenvalue weighted by molar-refractivity contribution is -0.124. The highest BCUT2D eigenvalue weighted by Gasteiger charge is 2.13. The molecule has 0 saturated heterocycles. The van der Waals surface area contributed by atoms with Gasteiger partial charge in [-0.15, -0.1) is 12.4 Å². The second-order valence-corrected chi connectivity index (χ2v) is 5.69. The van der Waals surface area contributed by atoms with Gasteiger partial charge >= 0.3 is 0 Å². The maximum atomic E-state index is 11.8. The summed E-state index contributed by atoms with van der Waals surface area (Å²) in [6.45, 7) is 4.51. The number of amides is 1. The fourth-order valence-corrected chi connectivity index (χ4v) is 2.80. The number of halogens is 1. The molecule has 0 fully saturated rings. The maximum absolute atomic E-state index is 11.8. The number of fused-ring (bicyclic) bond motifs is 1. The van der Waals surface area contributed by atoms with Crippen LogP contribution < -0.4 is 10.6 Å². The zero-order valence-corrected chi connectivity index (χ0v) is 13.0. The van der Waals surface area contributed by atoms with Gasteiger partial charge in [-0.05, 0) is 22.9 Å². The molecule has 2 rings (SSSR count). The van der Waals surface area contributed by atoms with E-state index in [4.69, 9.17) is 0 Å². The molecule has 106 valence electrons. The smallest absolute Gasteiger partial charge is 0.223 e. The van der Waals surface area contributed by atoms with Crippen LogP contribution in [-0.4, -0.2) is 17.9 Å². The summed E-state index contributed by atoms with van der Waals surface area (Å²) in [5.74, 6) is 1.10. The summed E-state index contributed by atoms with van der Waals surface area (Å²) in [5, 5.41) is 6.33. The van der Waals surface area contributed by atoms with Gasteiger partial charge in [-0.1, -0.05) is 25.1 Å². The third-order valence-electron chi connectivity index (χ3n) is 3.23. The van der Waals surface area contributed by atoms with Crippen LogP contribution in [0, 0.1) is 5.92 Å². The van der Waals surface area contributed by atoms with Gasteiger partial charge in [0.15, 0.2) is 0 Å². The van der Waals surface area contributed by atoms with E-state index >= 15 is 0 Å². The average Bonchev–Trinajstić information content (AvgIpc) is 2.83. The molecule has 1 atom stereocenters. The summed E-state index contributed by atoms with van der Waals surface area (Å²) < 4.78 is 0. The first-order valence-electron chi connectivity index (χ1n) is 6.28. The molecule has 1 amide bonds. The molecule has 1 aliphatic heterocycles. The van der Waals surface area contributed by atoms with E-state index in [0.29, 0.717) is 6.54 Å². The third-order valence-corrected chi connectivity index (χ3v) is 4.07. The summed E-state index contributed by atoms with van der Waals surface area (Å²) in [6, 6.07) is 6.45. The summed E-state index contributed by atoms with van der Waals surface area (Å²) in [5.41, 5.74) is 3.92. The zero-order chi connectivity index (χ0) is 13.0. The van der Waals surface area contributed by atoms with Crippen molar-refractivity contribution >= 4 is 30.1 Å². The van der Waals surface area contributed by atoms with E-state index < -0.39 is 0 Å². The molecule has 0 aromatic heterocycles. The molecule has 0 saturated carbocycles. The van der Waals surface area contributed by atoms with Crippen LogP contribution in [0.2, 0.25) is 0 Å². The zero-order valence-electron chi connectivity index (χ0n) is 11.4. The van der Waals surface area contributed by atoms with Gasteiger partial charge in [-0.25, -0.2) is 0 Å². The molecule has 1 aromatic carbocycles. The van der Waals surface area contributed by atoms with Gasteiger partial charge in [0.25, 0.3) is 0 Å². The third kappa shape index (κ3) is 4.41. The quantitative estimate of drug-likeness (QED) is 0.877. The molecule has 0 bridgehead atoms. The van der Waals surface area contributed by atoms with E-state index in [1.807, 2.05) is 13.2 Å². The average molecular weight is 301 g/mol. The predicted molar refractivity (Wildman–Crippen MR) is 83.6 cm³/mol. The largest absolute Gasteiger partial charge is 0.352 e. The molecule has 0 spiro atoms. The SMILES string of the molecule is CSCC(C)C(=O)NCc1ccc2c(c1)CNC2.Cl. The van der Waals surface area contributed by atoms with Crippen molar-refractivity contribution in [2.24, 2.45) is 5.92 Å². The van der Waals surface area contributed by atoms with E-state index in [1.54, 1.807) is 11.8 Å². The van der Waals surface area contributed by atoms with E-state index in [0.717, 1.165) is 18.8 Å². The van der Waals surface area contributed by atoms with Gasteiger partial charge in [-0.3, -0.25) is 4.79 Å². The van der Waals surface area contributed by atoms with E-state index in [1.165, 1.54) is 16.7 Å². The van der Waals surface area contributed by atoms with Crippen LogP contribution in [-0.2, 0) is 24.4 Å². The molecule has 19 heavy (non-hydrogen) atoms. The molecule has 0 radical (unpaired) electrons. The molecular formula is C14H21ClN2OS. The van der Waals surface area contributed by atoms with Crippen molar-refractivity contribution in [3.8, 4) is 0 Å². The number of rotatable bonds is 5. The number of hydrogen-bond acceptors (Lipinski definition) is 3. The van der Waals surface area contributed by atoms with Crippen LogP contribution in [0.15, 0.2) is 18.2 Å². The standard InChI is InChI=1S/C14H20N2OS.ClH/c1-10(9-18-2)14(17)16-6-11-3-4-12-7-15-8-13(12)5-11;/h3-5,10,15H,6-9H2,1-2H3,(H,16,17);1H. The van der Waals surface area contributed by atoms with Gasteiger partial charge in [0.05, 0.1) is 0 Å². The molecule has 1 heterocycles. The Labute approximate surface area is 125 Å². The lowest BCUT2D eigenvalue weighted by Gasteiger charge is -2.11. The van der Waals surface area contributed by atoms with E-state index in [9.17, 15) is 4.79 Å². The Balaban J connectivity index is 0.00000180. The number of carbonyl (C=O) groups excluding carboxylic acids is 1. The van der Waals surface area contributed by atoms with Gasteiger partial charge in [0, 0.05) is 31.3 Å². The topological polar surface area (TPSA) is 41.1 Å². The molecule has 2 N–H and O–H groups in total. The Bertz CT molecular complexity index is 439. The van der Waals surface area contributed by atoms with Gasteiger partial charge in [0.2, 0.25) is 5.91 Å². The van der Waals surface area contributed by atoms with Crippen molar-refractivity contribution in [2.45, 2.75) is 26.6 Å². The van der Waals surface area contributed by atoms with Crippen molar-refractivity contribution in [2.75, 3.05) is 12.0 Å². The second-order valence-electron chi connectivity index (χ2n) is 4.78. The molecule has 1 aliphatic rings. The Kier molecular flexibility index (Phi) is 6.69. The number of thioether (sulfide) groups is 1. The number of benzene rings is 1. The first-order valence-corrected chi connectivity index (χ1v) is 7.68. The number of hydrogen-bond donors (Lipinski definition) is 2. The van der Waals surface area contributed by atoms with Crippen LogP contribution in [0.1, 0.15) is 23.6 Å². The van der Waals surface area contributed by atoms with Crippen LogP contribution in [0.5, 0.6) is 0 Å². The molecule has 0 aliphatic carbocycles. The maximum Gasteiger partial charge on any atom is 0.223 e. The molecule has 1 unspecified atom stereocenters. The fraction of sp³-hybridized carbons (Fsp3) is 0.500. The lowest BCUT2D eigenvalue weighted by Crippen LogP contribution is -2.29. The molecular weight excluding hydrogens is 280 g/mol. The van der Waals surface area contributed by atoms with E-state index in [2.05, 4.69) is 28.8 Å². The minimum atomic E-state index is 0. The highest BCUT2D eigenvalue weighted by molar-refractivity contribution is 7.98. The monoisotopic (exact) mass is 300 g/mol. The first kappa shape index (κ1) is 16.3. The Morgan fingerprint density at radius 2 is 2.16 bits per heavy atom.